The Morgan fingerprint density at radius 2 is 1.63 bits per heavy atom. The van der Waals surface area contributed by atoms with Gasteiger partial charge >= 0.3 is 0 Å². The Kier molecular flexibility index (Phi) is 20.2. The first-order chi connectivity index (χ1) is 14.3. The fourth-order valence-corrected chi connectivity index (χ4v) is 4.84. The van der Waals surface area contributed by atoms with E-state index in [0.717, 1.165) is 18.8 Å². The first-order valence-electron chi connectivity index (χ1n) is 11.0. The van der Waals surface area contributed by atoms with Gasteiger partial charge in [-0.2, -0.15) is 0 Å². The number of hydrogen-bond acceptors (Lipinski definition) is 7. The third-order valence-corrected chi connectivity index (χ3v) is 6.67. The van der Waals surface area contributed by atoms with E-state index in [1.807, 2.05) is 35.4 Å². The second-order valence-corrected chi connectivity index (χ2v) is 10.5. The Morgan fingerprint density at radius 1 is 0.933 bits per heavy atom. The maximum absolute atomic E-state index is 11.6. The number of rotatable bonds is 18. The van der Waals surface area contributed by atoms with Gasteiger partial charge in [-0.15, -0.1) is 0 Å². The van der Waals surface area contributed by atoms with E-state index in [4.69, 9.17) is 9.47 Å². The van der Waals surface area contributed by atoms with E-state index in [2.05, 4.69) is 55.5 Å². The first kappa shape index (κ1) is 29.6. The molecule has 0 aliphatic heterocycles. The van der Waals surface area contributed by atoms with Crippen LogP contribution in [0.25, 0.3) is 0 Å². The highest BCUT2D eigenvalue weighted by Crippen LogP contribution is 2.29. The van der Waals surface area contributed by atoms with Gasteiger partial charge in [-0.05, 0) is 5.92 Å². The third kappa shape index (κ3) is 20.8. The summed E-state index contributed by atoms with van der Waals surface area (Å²) in [6.07, 6.45) is 0.350. The van der Waals surface area contributed by atoms with E-state index < -0.39 is 0 Å². The van der Waals surface area contributed by atoms with Crippen molar-refractivity contribution in [2.24, 2.45) is 11.8 Å². The highest BCUT2D eigenvalue weighted by atomic mass is 33.1. The normalized spacial score (nSPS) is 12.3. The van der Waals surface area contributed by atoms with Crippen molar-refractivity contribution in [3.63, 3.8) is 0 Å². The van der Waals surface area contributed by atoms with Crippen molar-refractivity contribution in [2.75, 3.05) is 51.8 Å². The van der Waals surface area contributed by atoms with E-state index in [0.29, 0.717) is 62.6 Å². The molecule has 0 rings (SSSR count). The van der Waals surface area contributed by atoms with Crippen LogP contribution in [0.5, 0.6) is 0 Å². The summed E-state index contributed by atoms with van der Waals surface area (Å²) in [7, 11) is 3.82. The molecule has 0 saturated carbocycles. The van der Waals surface area contributed by atoms with Crippen molar-refractivity contribution in [2.45, 2.75) is 59.4 Å². The van der Waals surface area contributed by atoms with Crippen LogP contribution in [0.2, 0.25) is 0 Å². The van der Waals surface area contributed by atoms with Crippen LogP contribution in [-0.4, -0.2) is 69.1 Å². The second-order valence-electron chi connectivity index (χ2n) is 7.87. The van der Waals surface area contributed by atoms with E-state index in [9.17, 15) is 4.79 Å². The number of hydrogen-bond donors (Lipinski definition) is 3. The number of carbonyl (C=O) groups is 1. The van der Waals surface area contributed by atoms with Crippen LogP contribution in [0.15, 0.2) is 0 Å². The minimum Gasteiger partial charge on any atom is -0.379 e. The largest absolute Gasteiger partial charge is 0.379 e. The topological polar surface area (TPSA) is 71.6 Å². The molecule has 1 atom stereocenters. The van der Waals surface area contributed by atoms with Crippen LogP contribution in [0.4, 0.5) is 0 Å². The Morgan fingerprint density at radius 3 is 2.27 bits per heavy atom. The van der Waals surface area contributed by atoms with Gasteiger partial charge in [0.2, 0.25) is 5.91 Å². The minimum absolute atomic E-state index is 0.0340. The molecule has 0 fully saturated rings. The predicted molar refractivity (Wildman–Crippen MR) is 132 cm³/mol. The molecular formula is C22H43N3O3S2. The Balaban J connectivity index is 3.57. The molecular weight excluding hydrogens is 418 g/mol. The molecule has 0 aromatic heterocycles. The monoisotopic (exact) mass is 461 g/mol. The van der Waals surface area contributed by atoms with Crippen molar-refractivity contribution in [3.8, 4) is 11.8 Å². The molecule has 0 aliphatic carbocycles. The molecule has 1 unspecified atom stereocenters. The van der Waals surface area contributed by atoms with Crippen LogP contribution < -0.4 is 16.0 Å². The molecule has 0 aromatic carbocycles. The molecule has 0 aromatic rings. The van der Waals surface area contributed by atoms with Crippen LogP contribution in [0.3, 0.4) is 0 Å². The summed E-state index contributed by atoms with van der Waals surface area (Å²) in [5.41, 5.74) is 0. The SMILES string of the molecule is CC(C)C#CCNC(=O)CCOCCOCCNC(SSCCNC(C)C)C(C)C. The fraction of sp³-hybridized carbons (Fsp3) is 0.864. The van der Waals surface area contributed by atoms with Crippen LogP contribution in [0.1, 0.15) is 48.0 Å². The van der Waals surface area contributed by atoms with Gasteiger partial charge in [-0.25, -0.2) is 0 Å². The Hall–Kier alpha value is -0.430. The van der Waals surface area contributed by atoms with Gasteiger partial charge in [-0.3, -0.25) is 4.79 Å². The third-order valence-electron chi connectivity index (χ3n) is 3.72. The molecule has 30 heavy (non-hydrogen) atoms. The summed E-state index contributed by atoms with van der Waals surface area (Å²) < 4.78 is 11.1. The highest BCUT2D eigenvalue weighted by molar-refractivity contribution is 8.76. The Labute approximate surface area is 192 Å². The molecule has 0 spiro atoms. The lowest BCUT2D eigenvalue weighted by atomic mass is 10.2. The van der Waals surface area contributed by atoms with Crippen LogP contribution in [-0.2, 0) is 14.3 Å². The van der Waals surface area contributed by atoms with Crippen molar-refractivity contribution in [1.29, 1.82) is 0 Å². The molecule has 8 heteroatoms. The van der Waals surface area contributed by atoms with Crippen molar-refractivity contribution < 1.29 is 14.3 Å². The zero-order chi connectivity index (χ0) is 22.6. The quantitative estimate of drug-likeness (QED) is 0.125. The average molecular weight is 462 g/mol. The van der Waals surface area contributed by atoms with Gasteiger partial charge in [0.25, 0.3) is 0 Å². The van der Waals surface area contributed by atoms with Crippen LogP contribution in [0, 0.1) is 23.7 Å². The molecule has 0 aliphatic rings. The van der Waals surface area contributed by atoms with Crippen molar-refractivity contribution >= 4 is 27.5 Å². The van der Waals surface area contributed by atoms with Gasteiger partial charge < -0.3 is 25.4 Å². The smallest absolute Gasteiger partial charge is 0.223 e. The van der Waals surface area contributed by atoms with Gasteiger partial charge in [0.15, 0.2) is 0 Å². The van der Waals surface area contributed by atoms with Crippen molar-refractivity contribution in [3.05, 3.63) is 0 Å². The summed E-state index contributed by atoms with van der Waals surface area (Å²) in [4.78, 5) is 11.6. The lowest BCUT2D eigenvalue weighted by Crippen LogP contribution is -2.33. The number of nitrogens with one attached hydrogen (secondary N) is 3. The summed E-state index contributed by atoms with van der Waals surface area (Å²) >= 11 is 0. The molecule has 6 nitrogen and oxygen atoms in total. The van der Waals surface area contributed by atoms with E-state index >= 15 is 0 Å². The van der Waals surface area contributed by atoms with Gasteiger partial charge in [0.05, 0.1) is 38.3 Å². The zero-order valence-corrected chi connectivity index (χ0v) is 21.3. The second kappa shape index (κ2) is 20.5. The predicted octanol–water partition coefficient (Wildman–Crippen LogP) is 3.14. The molecule has 0 heterocycles. The maximum atomic E-state index is 11.6. The first-order valence-corrected chi connectivity index (χ1v) is 13.4. The number of amides is 1. The molecule has 1 amide bonds. The maximum Gasteiger partial charge on any atom is 0.223 e. The van der Waals surface area contributed by atoms with E-state index in [1.165, 1.54) is 0 Å². The Bertz CT molecular complexity index is 480. The number of carbonyl (C=O) groups excluding carboxylic acids is 1. The average Bonchev–Trinajstić information content (AvgIpc) is 2.67. The molecule has 0 bridgehead atoms. The fourth-order valence-electron chi connectivity index (χ4n) is 2.14. The molecule has 176 valence electrons. The molecule has 0 saturated heterocycles. The lowest BCUT2D eigenvalue weighted by molar-refractivity contribution is -0.122. The summed E-state index contributed by atoms with van der Waals surface area (Å²) in [6.45, 7) is 17.2. The van der Waals surface area contributed by atoms with Gasteiger partial charge in [-0.1, -0.05) is 75.0 Å². The van der Waals surface area contributed by atoms with Crippen LogP contribution >= 0.6 is 21.6 Å². The number of ether oxygens (including phenoxy) is 2. The minimum atomic E-state index is -0.0340. The standard InChI is InChI=1S/C22H43N3O3S2/c1-18(2)8-7-10-24-21(26)9-13-27-15-16-28-14-11-25-22(19(3)4)30-29-17-12-23-20(5)6/h18-20,22-23,25H,9-17H2,1-6H3,(H,24,26). The zero-order valence-electron chi connectivity index (χ0n) is 19.7. The summed E-state index contributed by atoms with van der Waals surface area (Å²) in [6, 6.07) is 0.544. The molecule has 0 radical (unpaired) electrons. The summed E-state index contributed by atoms with van der Waals surface area (Å²) in [5, 5.41) is 10.2. The van der Waals surface area contributed by atoms with E-state index in [1.54, 1.807) is 0 Å². The van der Waals surface area contributed by atoms with Gasteiger partial charge in [0, 0.05) is 37.2 Å². The lowest BCUT2D eigenvalue weighted by Gasteiger charge is -2.21. The van der Waals surface area contributed by atoms with Gasteiger partial charge in [0.1, 0.15) is 0 Å². The summed E-state index contributed by atoms with van der Waals surface area (Å²) in [5.74, 6) is 7.89. The molecule has 3 N–H and O–H groups in total. The highest BCUT2D eigenvalue weighted by Gasteiger charge is 2.13. The van der Waals surface area contributed by atoms with Crippen molar-refractivity contribution in [1.82, 2.24) is 16.0 Å². The van der Waals surface area contributed by atoms with E-state index in [-0.39, 0.29) is 5.91 Å².